The quantitative estimate of drug-likeness (QED) is 0.396. The van der Waals surface area contributed by atoms with Crippen molar-refractivity contribution in [2.24, 2.45) is 0 Å². The van der Waals surface area contributed by atoms with Gasteiger partial charge in [0.05, 0.1) is 5.92 Å². The molecule has 2 N–H and O–H groups in total. The van der Waals surface area contributed by atoms with Gasteiger partial charge in [-0.15, -0.1) is 0 Å². The second-order valence-corrected chi connectivity index (χ2v) is 7.96. The van der Waals surface area contributed by atoms with Gasteiger partial charge < -0.3 is 14.4 Å². The fourth-order valence-electron chi connectivity index (χ4n) is 4.80. The average molecular weight is 389 g/mol. The highest BCUT2D eigenvalue weighted by Crippen LogP contribution is 2.40. The Balaban J connectivity index is 2.00. The number of carbonyl (C=O) groups excluding carboxylic acids is 1. The number of benzene rings is 1. The first-order valence-corrected chi connectivity index (χ1v) is 10.2. The van der Waals surface area contributed by atoms with Crippen molar-refractivity contribution >= 4 is 16.8 Å². The van der Waals surface area contributed by atoms with Crippen molar-refractivity contribution in [3.63, 3.8) is 0 Å². The lowest BCUT2D eigenvalue weighted by Crippen LogP contribution is -2.07. The molecule has 0 saturated carbocycles. The molecule has 29 heavy (non-hydrogen) atoms. The summed E-state index contributed by atoms with van der Waals surface area (Å²) >= 11 is 0. The van der Waals surface area contributed by atoms with Crippen LogP contribution < -0.4 is 0 Å². The van der Waals surface area contributed by atoms with Crippen molar-refractivity contribution in [2.45, 2.75) is 53.9 Å². The number of fused-ring (bicyclic) bond motifs is 1. The lowest BCUT2D eigenvalue weighted by atomic mass is 9.91. The maximum atomic E-state index is 12.3. The summed E-state index contributed by atoms with van der Waals surface area (Å²) in [7, 11) is 0. The summed E-state index contributed by atoms with van der Waals surface area (Å²) in [6.07, 6.45) is 0.975. The van der Waals surface area contributed by atoms with Crippen LogP contribution in [0.3, 0.4) is 0 Å². The first kappa shape index (κ1) is 19.3. The van der Waals surface area contributed by atoms with E-state index in [1.807, 2.05) is 32.0 Å². The predicted molar refractivity (Wildman–Crippen MR) is 117 cm³/mol. The van der Waals surface area contributed by atoms with Crippen LogP contribution in [0.4, 0.5) is 0 Å². The molecule has 0 aliphatic carbocycles. The van der Waals surface area contributed by atoms with Crippen LogP contribution in [0.1, 0.15) is 75.3 Å². The first-order chi connectivity index (χ1) is 13.8. The number of rotatable bonds is 5. The summed E-state index contributed by atoms with van der Waals surface area (Å²) in [4.78, 5) is 19.4. The van der Waals surface area contributed by atoms with Crippen molar-refractivity contribution < 1.29 is 9.21 Å². The molecule has 0 saturated heterocycles. The highest BCUT2D eigenvalue weighted by atomic mass is 16.3. The molecule has 0 amide bonds. The van der Waals surface area contributed by atoms with Crippen molar-refractivity contribution in [2.75, 3.05) is 0 Å². The van der Waals surface area contributed by atoms with Crippen molar-refractivity contribution in [1.82, 2.24) is 9.97 Å². The third-order valence-corrected chi connectivity index (χ3v) is 6.12. The number of hydrogen-bond donors (Lipinski definition) is 2. The number of furan rings is 1. The summed E-state index contributed by atoms with van der Waals surface area (Å²) < 4.78 is 6.32. The second-order valence-electron chi connectivity index (χ2n) is 7.96. The minimum Gasteiger partial charge on any atom is -0.460 e. The van der Waals surface area contributed by atoms with Gasteiger partial charge >= 0.3 is 0 Å². The van der Waals surface area contributed by atoms with Gasteiger partial charge in [0.2, 0.25) is 0 Å². The Labute approximate surface area is 171 Å². The van der Waals surface area contributed by atoms with Crippen molar-refractivity contribution in [1.29, 1.82) is 0 Å². The lowest BCUT2D eigenvalue weighted by Gasteiger charge is -2.16. The molecule has 0 aliphatic rings. The van der Waals surface area contributed by atoms with E-state index in [0.29, 0.717) is 0 Å². The average Bonchev–Trinajstić information content (AvgIpc) is 3.30. The molecule has 4 rings (SSSR count). The molecule has 0 fully saturated rings. The van der Waals surface area contributed by atoms with E-state index in [0.717, 1.165) is 51.4 Å². The zero-order valence-electron chi connectivity index (χ0n) is 18.0. The molecule has 3 aromatic heterocycles. The van der Waals surface area contributed by atoms with E-state index in [2.05, 4.69) is 42.9 Å². The Kier molecular flexibility index (Phi) is 4.73. The maximum absolute atomic E-state index is 12.3. The topological polar surface area (TPSA) is 61.8 Å². The van der Waals surface area contributed by atoms with Gasteiger partial charge in [-0.05, 0) is 69.9 Å². The van der Waals surface area contributed by atoms with Gasteiger partial charge in [-0.25, -0.2) is 0 Å². The minimum absolute atomic E-state index is 0.0829. The summed E-state index contributed by atoms with van der Waals surface area (Å²) in [5, 5.41) is 1.08. The molecular weight excluding hydrogens is 360 g/mol. The van der Waals surface area contributed by atoms with E-state index in [9.17, 15) is 4.79 Å². The molecule has 1 atom stereocenters. The number of para-hydroxylation sites is 1. The van der Waals surface area contributed by atoms with Gasteiger partial charge in [0, 0.05) is 33.7 Å². The van der Waals surface area contributed by atoms with Crippen LogP contribution in [-0.2, 0) is 6.42 Å². The SMILES string of the molecule is CCc1c(C)[nH]c(C(c2cc3ccccc3o2)c2[nH]c(C)c(C(C)=O)c2C)c1C. The fourth-order valence-corrected chi connectivity index (χ4v) is 4.80. The molecule has 4 heteroatoms. The molecule has 3 heterocycles. The fraction of sp³-hybridized carbons (Fsp3) is 0.320. The third-order valence-electron chi connectivity index (χ3n) is 6.12. The number of aromatic nitrogens is 2. The van der Waals surface area contributed by atoms with Gasteiger partial charge in [0.1, 0.15) is 11.3 Å². The molecule has 0 spiro atoms. The Bertz CT molecular complexity index is 1190. The molecule has 1 aromatic carbocycles. The summed E-state index contributed by atoms with van der Waals surface area (Å²) in [5.74, 6) is 0.824. The summed E-state index contributed by atoms with van der Waals surface area (Å²) in [6, 6.07) is 10.2. The Hall–Kier alpha value is -3.01. The molecule has 150 valence electrons. The van der Waals surface area contributed by atoms with E-state index in [4.69, 9.17) is 4.42 Å². The van der Waals surface area contributed by atoms with Gasteiger partial charge in [-0.1, -0.05) is 25.1 Å². The van der Waals surface area contributed by atoms with Crippen molar-refractivity contribution in [3.05, 3.63) is 81.1 Å². The Morgan fingerprint density at radius 1 is 1.00 bits per heavy atom. The Morgan fingerprint density at radius 2 is 1.66 bits per heavy atom. The minimum atomic E-state index is -0.131. The molecule has 0 bridgehead atoms. The number of carbonyl (C=O) groups is 1. The monoisotopic (exact) mass is 388 g/mol. The van der Waals surface area contributed by atoms with Gasteiger partial charge in [-0.2, -0.15) is 0 Å². The summed E-state index contributed by atoms with van der Waals surface area (Å²) in [6.45, 7) is 12.1. The van der Waals surface area contributed by atoms with Gasteiger partial charge in [0.15, 0.2) is 5.78 Å². The number of Topliss-reactive ketones (excluding diaryl/α,β-unsaturated/α-hetero) is 1. The number of H-pyrrole nitrogens is 2. The second kappa shape index (κ2) is 7.11. The molecular formula is C25H28N2O2. The molecule has 4 nitrogen and oxygen atoms in total. The number of ketones is 1. The van der Waals surface area contributed by atoms with Gasteiger partial charge in [-0.3, -0.25) is 4.79 Å². The lowest BCUT2D eigenvalue weighted by molar-refractivity contribution is 0.101. The highest BCUT2D eigenvalue weighted by Gasteiger charge is 2.30. The Morgan fingerprint density at radius 3 is 2.24 bits per heavy atom. The van der Waals surface area contributed by atoms with E-state index >= 15 is 0 Å². The zero-order valence-corrected chi connectivity index (χ0v) is 18.0. The van der Waals surface area contributed by atoms with E-state index in [1.54, 1.807) is 6.92 Å². The number of nitrogens with one attached hydrogen (secondary N) is 2. The standard InChI is InChI=1S/C25H28N2O2/c1-7-19-13(2)24(26-15(19)4)23(21-12-18-10-8-9-11-20(18)29-21)25-14(3)22(17(6)28)16(5)27-25/h8-12,23,26-27H,7H2,1-6H3. The van der Waals surface area contributed by atoms with E-state index < -0.39 is 0 Å². The van der Waals surface area contributed by atoms with Crippen LogP contribution >= 0.6 is 0 Å². The predicted octanol–water partition coefficient (Wildman–Crippen LogP) is 6.27. The molecule has 0 aliphatic heterocycles. The number of hydrogen-bond acceptors (Lipinski definition) is 2. The van der Waals surface area contributed by atoms with E-state index in [1.165, 1.54) is 16.8 Å². The van der Waals surface area contributed by atoms with Crippen LogP contribution in [0.5, 0.6) is 0 Å². The van der Waals surface area contributed by atoms with Crippen LogP contribution in [0.15, 0.2) is 34.7 Å². The van der Waals surface area contributed by atoms with Crippen LogP contribution in [-0.4, -0.2) is 15.8 Å². The largest absolute Gasteiger partial charge is 0.460 e. The van der Waals surface area contributed by atoms with E-state index in [-0.39, 0.29) is 11.7 Å². The molecule has 0 radical (unpaired) electrons. The molecule has 1 unspecified atom stereocenters. The van der Waals surface area contributed by atoms with Crippen LogP contribution in [0.25, 0.3) is 11.0 Å². The highest BCUT2D eigenvalue weighted by molar-refractivity contribution is 5.97. The number of aromatic amines is 2. The van der Waals surface area contributed by atoms with Gasteiger partial charge in [0.25, 0.3) is 0 Å². The van der Waals surface area contributed by atoms with Crippen molar-refractivity contribution in [3.8, 4) is 0 Å². The maximum Gasteiger partial charge on any atom is 0.161 e. The zero-order chi connectivity index (χ0) is 20.9. The normalized spacial score (nSPS) is 12.6. The van der Waals surface area contributed by atoms with Crippen LogP contribution in [0, 0.1) is 27.7 Å². The summed E-state index contributed by atoms with van der Waals surface area (Å²) in [5.41, 5.74) is 9.47. The third kappa shape index (κ3) is 3.03. The van der Waals surface area contributed by atoms with Crippen LogP contribution in [0.2, 0.25) is 0 Å². The molecule has 4 aromatic rings. The smallest absolute Gasteiger partial charge is 0.161 e. The first-order valence-electron chi connectivity index (χ1n) is 10.2. The number of aryl methyl sites for hydroxylation is 2.